The Morgan fingerprint density at radius 1 is 1.18 bits per heavy atom. The van der Waals surface area contributed by atoms with Crippen LogP contribution in [0.15, 0.2) is 16.7 Å². The summed E-state index contributed by atoms with van der Waals surface area (Å²) in [5.41, 5.74) is 4.25. The van der Waals surface area contributed by atoms with Crippen molar-refractivity contribution in [1.29, 1.82) is 0 Å². The molecule has 1 nitrogen and oxygen atoms in total. The molecule has 0 spiro atoms. The molecule has 100 valence electrons. The van der Waals surface area contributed by atoms with Gasteiger partial charge in [0, 0.05) is 0 Å². The van der Waals surface area contributed by atoms with E-state index in [1.54, 1.807) is 0 Å². The Kier molecular flexibility index (Phi) is 20.4. The van der Waals surface area contributed by atoms with E-state index in [2.05, 4.69) is 40.7 Å². The van der Waals surface area contributed by atoms with E-state index in [1.807, 2.05) is 19.0 Å². The Hall–Kier alpha value is 0.734. The van der Waals surface area contributed by atoms with Crippen LogP contribution in [0.4, 0.5) is 0 Å². The summed E-state index contributed by atoms with van der Waals surface area (Å²) in [4.78, 5) is 2.01. The first-order valence-corrected chi connectivity index (χ1v) is 5.12. The molecule has 0 aliphatic heterocycles. The normalized spacial score (nSPS) is 17.2. The maximum absolute atomic E-state index is 3.61. The molecule has 0 fully saturated rings. The van der Waals surface area contributed by atoms with Gasteiger partial charge in [-0.2, -0.15) is 11.1 Å². The molecule has 1 unspecified atom stereocenters. The summed E-state index contributed by atoms with van der Waals surface area (Å²) in [6, 6.07) is 0. The minimum atomic E-state index is 0. The largest absolute Gasteiger partial charge is 2.00 e. The number of nitrogens with zero attached hydrogens (tertiary/aromatic N) is 1. The van der Waals surface area contributed by atoms with Gasteiger partial charge in [-0.15, -0.1) is 38.3 Å². The van der Waals surface area contributed by atoms with Gasteiger partial charge in [-0.25, -0.2) is 5.57 Å². The van der Waals surface area contributed by atoms with Gasteiger partial charge < -0.3 is 11.8 Å². The Labute approximate surface area is 135 Å². The summed E-state index contributed by atoms with van der Waals surface area (Å²) in [6.07, 6.45) is 3.36. The number of rotatable bonds is 1. The molecule has 0 N–H and O–H groups in total. The Morgan fingerprint density at radius 3 is 1.59 bits per heavy atom. The van der Waals surface area contributed by atoms with E-state index < -0.39 is 0 Å². The van der Waals surface area contributed by atoms with Crippen LogP contribution in [0.5, 0.6) is 0 Å². The van der Waals surface area contributed by atoms with Crippen LogP contribution in [0, 0.1) is 18.9 Å². The van der Waals surface area contributed by atoms with Crippen molar-refractivity contribution in [2.75, 3.05) is 20.6 Å². The SMILES string of the molecule is CC1=[C-]C(C)C(C)=C1C.Cl.Cl.[CH2-]CN(C)C.[Ti+2]. The number of hydrogen-bond acceptors (Lipinski definition) is 1. The van der Waals surface area contributed by atoms with Gasteiger partial charge in [-0.1, -0.05) is 26.7 Å². The molecule has 0 aromatic heterocycles. The van der Waals surface area contributed by atoms with Crippen molar-refractivity contribution >= 4 is 24.8 Å². The van der Waals surface area contributed by atoms with E-state index in [-0.39, 0.29) is 46.5 Å². The van der Waals surface area contributed by atoms with Gasteiger partial charge in [0.05, 0.1) is 0 Å². The molecule has 1 aliphatic carbocycles. The fourth-order valence-corrected chi connectivity index (χ4v) is 1.16. The molecule has 17 heavy (non-hydrogen) atoms. The third-order valence-corrected chi connectivity index (χ3v) is 2.68. The summed E-state index contributed by atoms with van der Waals surface area (Å²) in [5.74, 6) is 0.560. The van der Waals surface area contributed by atoms with Gasteiger partial charge >= 0.3 is 21.7 Å². The van der Waals surface area contributed by atoms with Gasteiger partial charge in [0.2, 0.25) is 0 Å². The topological polar surface area (TPSA) is 3.24 Å². The van der Waals surface area contributed by atoms with Crippen molar-refractivity contribution in [3.63, 3.8) is 0 Å². The molecule has 1 rings (SSSR count). The molecule has 0 aromatic rings. The monoisotopic (exact) mass is 313 g/mol. The predicted molar refractivity (Wildman–Crippen MR) is 78.4 cm³/mol. The van der Waals surface area contributed by atoms with E-state index in [9.17, 15) is 0 Å². The summed E-state index contributed by atoms with van der Waals surface area (Å²) in [7, 11) is 3.99. The standard InChI is InChI=1S/C9H13.C4H10N.2ClH.Ti/c1-6-5-7(2)9(4)8(6)3;1-4-5(2)3;;;/h6H,1-4H3;1,4H2,2-3H3;2*1H;/q2*-1;;;+2. The predicted octanol–water partition coefficient (Wildman–Crippen LogP) is 3.95. The van der Waals surface area contributed by atoms with E-state index in [0.29, 0.717) is 5.92 Å². The Balaban J connectivity index is -0.0000000948. The van der Waals surface area contributed by atoms with Crippen LogP contribution in [0.2, 0.25) is 0 Å². The zero-order valence-electron chi connectivity index (χ0n) is 11.8. The van der Waals surface area contributed by atoms with Crippen LogP contribution in [-0.4, -0.2) is 25.5 Å². The molecule has 4 heteroatoms. The second kappa shape index (κ2) is 13.2. The van der Waals surface area contributed by atoms with Crippen LogP contribution in [0.1, 0.15) is 27.7 Å². The zero-order valence-corrected chi connectivity index (χ0v) is 14.9. The zero-order chi connectivity index (χ0) is 11.3. The molecule has 0 amide bonds. The van der Waals surface area contributed by atoms with E-state index >= 15 is 0 Å². The summed E-state index contributed by atoms with van der Waals surface area (Å²) in [6.45, 7) is 13.2. The van der Waals surface area contributed by atoms with Crippen molar-refractivity contribution in [1.82, 2.24) is 4.90 Å². The van der Waals surface area contributed by atoms with Crippen LogP contribution in [0.3, 0.4) is 0 Å². The van der Waals surface area contributed by atoms with E-state index in [4.69, 9.17) is 0 Å². The average molecular weight is 314 g/mol. The maximum Gasteiger partial charge on any atom is 2.00 e. The molecule has 0 saturated carbocycles. The molecule has 1 aliphatic rings. The van der Waals surface area contributed by atoms with Gasteiger partial charge in [0.1, 0.15) is 0 Å². The number of allylic oxidation sites excluding steroid dienone is 4. The van der Waals surface area contributed by atoms with Crippen LogP contribution in [0.25, 0.3) is 0 Å². The smallest absolute Gasteiger partial charge is 0.339 e. The van der Waals surface area contributed by atoms with Crippen molar-refractivity contribution in [3.8, 4) is 0 Å². The quantitative estimate of drug-likeness (QED) is 0.523. The summed E-state index contributed by atoms with van der Waals surface area (Å²) < 4.78 is 0. The van der Waals surface area contributed by atoms with E-state index in [0.717, 1.165) is 6.54 Å². The molecule has 0 saturated heterocycles. The average Bonchev–Trinajstić information content (AvgIpc) is 2.34. The molecule has 1 atom stereocenters. The Bertz CT molecular complexity index is 248. The van der Waals surface area contributed by atoms with Gasteiger partial charge in [-0.05, 0) is 14.1 Å². The van der Waals surface area contributed by atoms with Crippen LogP contribution >= 0.6 is 24.8 Å². The third-order valence-electron chi connectivity index (χ3n) is 2.68. The van der Waals surface area contributed by atoms with Gasteiger partial charge in [-0.3, -0.25) is 6.08 Å². The second-order valence-corrected chi connectivity index (χ2v) is 4.10. The van der Waals surface area contributed by atoms with E-state index in [1.165, 1.54) is 16.7 Å². The van der Waals surface area contributed by atoms with Gasteiger partial charge in [0.25, 0.3) is 0 Å². The summed E-state index contributed by atoms with van der Waals surface area (Å²) >= 11 is 0. The first-order valence-electron chi connectivity index (χ1n) is 5.12. The molecular weight excluding hydrogens is 289 g/mol. The minimum absolute atomic E-state index is 0. The first kappa shape index (κ1) is 26.3. The molecule has 0 heterocycles. The van der Waals surface area contributed by atoms with Gasteiger partial charge in [0.15, 0.2) is 0 Å². The fraction of sp³-hybridized carbons (Fsp3) is 0.615. The first-order chi connectivity index (χ1) is 6.40. The minimum Gasteiger partial charge on any atom is -0.339 e. The molecule has 0 radical (unpaired) electrons. The second-order valence-electron chi connectivity index (χ2n) is 4.10. The maximum atomic E-state index is 3.61. The third kappa shape index (κ3) is 10.4. The van der Waals surface area contributed by atoms with Crippen LogP contribution in [-0.2, 0) is 21.7 Å². The fourth-order valence-electron chi connectivity index (χ4n) is 1.16. The molecular formula is C13H25Cl2NTi. The number of hydrogen-bond donors (Lipinski definition) is 0. The summed E-state index contributed by atoms with van der Waals surface area (Å²) in [5, 5.41) is 0. The van der Waals surface area contributed by atoms with Crippen molar-refractivity contribution < 1.29 is 21.7 Å². The number of halogens is 2. The molecule has 0 aromatic carbocycles. The van der Waals surface area contributed by atoms with Crippen molar-refractivity contribution in [2.24, 2.45) is 5.92 Å². The Morgan fingerprint density at radius 2 is 1.53 bits per heavy atom. The van der Waals surface area contributed by atoms with Crippen LogP contribution < -0.4 is 0 Å². The van der Waals surface area contributed by atoms with Crippen molar-refractivity contribution in [2.45, 2.75) is 27.7 Å². The van der Waals surface area contributed by atoms with Crippen molar-refractivity contribution in [3.05, 3.63) is 29.7 Å². The molecule has 0 bridgehead atoms.